The molecular weight excluding hydrogens is 266 g/mol. The summed E-state index contributed by atoms with van der Waals surface area (Å²) in [6.45, 7) is 0.596. The van der Waals surface area contributed by atoms with Crippen LogP contribution in [0.2, 0.25) is 0 Å². The van der Waals surface area contributed by atoms with Crippen LogP contribution in [-0.2, 0) is 9.59 Å². The summed E-state index contributed by atoms with van der Waals surface area (Å²) in [4.78, 5) is 25.3. The molecule has 1 saturated carbocycles. The molecule has 3 rings (SSSR count). The molecule has 1 heterocycles. The number of carboxylic acid groups (broad SMARTS) is 1. The molecule has 2 aliphatic rings. The molecule has 0 aromatic heterocycles. The lowest BCUT2D eigenvalue weighted by molar-refractivity contribution is -0.152. The third-order valence-electron chi connectivity index (χ3n) is 4.70. The van der Waals surface area contributed by atoms with Crippen LogP contribution in [0.3, 0.4) is 0 Å². The van der Waals surface area contributed by atoms with Crippen molar-refractivity contribution in [2.75, 3.05) is 6.54 Å². The fraction of sp³-hybridized carbons (Fsp3) is 0.529. The Balaban J connectivity index is 1.58. The van der Waals surface area contributed by atoms with Gasteiger partial charge in [0.2, 0.25) is 5.91 Å². The summed E-state index contributed by atoms with van der Waals surface area (Å²) in [5.74, 6) is 0.0171. The van der Waals surface area contributed by atoms with E-state index in [1.807, 2.05) is 18.2 Å². The fourth-order valence-electron chi connectivity index (χ4n) is 3.41. The van der Waals surface area contributed by atoms with Crippen molar-refractivity contribution in [3.05, 3.63) is 35.9 Å². The lowest BCUT2D eigenvalue weighted by atomic mass is 10.0. The zero-order valence-electron chi connectivity index (χ0n) is 12.1. The molecule has 1 saturated heterocycles. The smallest absolute Gasteiger partial charge is 0.326 e. The van der Waals surface area contributed by atoms with Gasteiger partial charge >= 0.3 is 5.97 Å². The molecule has 1 aliphatic heterocycles. The zero-order chi connectivity index (χ0) is 14.8. The summed E-state index contributed by atoms with van der Waals surface area (Å²) in [6, 6.07) is 9.65. The number of rotatable bonds is 4. The number of carbonyl (C=O) groups is 2. The van der Waals surface area contributed by atoms with Crippen LogP contribution in [0, 0.1) is 5.92 Å². The minimum atomic E-state index is -0.863. The second-order valence-corrected chi connectivity index (χ2v) is 6.15. The number of hydrogen-bond donors (Lipinski definition) is 1. The van der Waals surface area contributed by atoms with Crippen LogP contribution in [0.25, 0.3) is 0 Å². The quantitative estimate of drug-likeness (QED) is 0.926. The number of likely N-dealkylation sites (tertiary alicyclic amines) is 1. The highest BCUT2D eigenvalue weighted by Gasteiger charge is 2.41. The summed E-state index contributed by atoms with van der Waals surface area (Å²) in [5, 5.41) is 9.24. The number of hydrogen-bond acceptors (Lipinski definition) is 2. The summed E-state index contributed by atoms with van der Waals surface area (Å²) < 4.78 is 0. The van der Waals surface area contributed by atoms with Crippen molar-refractivity contribution in [3.63, 3.8) is 0 Å². The van der Waals surface area contributed by atoms with Crippen molar-refractivity contribution in [1.82, 2.24) is 4.90 Å². The third kappa shape index (κ3) is 3.09. The van der Waals surface area contributed by atoms with Crippen molar-refractivity contribution < 1.29 is 14.7 Å². The van der Waals surface area contributed by atoms with Gasteiger partial charge in [0.25, 0.3) is 0 Å². The molecule has 0 bridgehead atoms. The van der Waals surface area contributed by atoms with E-state index >= 15 is 0 Å². The van der Waals surface area contributed by atoms with E-state index in [1.54, 1.807) is 4.90 Å². The van der Waals surface area contributed by atoms with E-state index in [9.17, 15) is 14.7 Å². The van der Waals surface area contributed by atoms with Gasteiger partial charge in [-0.1, -0.05) is 30.3 Å². The fourth-order valence-corrected chi connectivity index (χ4v) is 3.41. The molecule has 1 amide bonds. The van der Waals surface area contributed by atoms with Gasteiger partial charge in [-0.05, 0) is 43.1 Å². The average Bonchev–Trinajstić information content (AvgIpc) is 3.27. The second-order valence-electron chi connectivity index (χ2n) is 6.15. The predicted molar refractivity (Wildman–Crippen MR) is 78.9 cm³/mol. The number of amides is 1. The van der Waals surface area contributed by atoms with Gasteiger partial charge in [0.1, 0.15) is 6.04 Å². The Labute approximate surface area is 124 Å². The van der Waals surface area contributed by atoms with Crippen molar-refractivity contribution >= 4 is 11.9 Å². The van der Waals surface area contributed by atoms with Crippen molar-refractivity contribution in [2.24, 2.45) is 5.92 Å². The largest absolute Gasteiger partial charge is 0.480 e. The number of carboxylic acids is 1. The first kappa shape index (κ1) is 14.1. The van der Waals surface area contributed by atoms with Gasteiger partial charge < -0.3 is 10.0 Å². The molecule has 0 spiro atoms. The van der Waals surface area contributed by atoms with Gasteiger partial charge in [-0.15, -0.1) is 0 Å². The van der Waals surface area contributed by atoms with E-state index in [1.165, 1.54) is 5.56 Å². The maximum absolute atomic E-state index is 12.4. The number of piperidine rings is 1. The summed E-state index contributed by atoms with van der Waals surface area (Å²) in [5.41, 5.74) is 1.30. The minimum Gasteiger partial charge on any atom is -0.480 e. The van der Waals surface area contributed by atoms with Crippen LogP contribution in [0.1, 0.15) is 43.6 Å². The highest BCUT2D eigenvalue weighted by atomic mass is 16.4. The Morgan fingerprint density at radius 3 is 2.67 bits per heavy atom. The van der Waals surface area contributed by atoms with E-state index in [-0.39, 0.29) is 5.91 Å². The number of benzene rings is 1. The topological polar surface area (TPSA) is 57.6 Å². The van der Waals surface area contributed by atoms with Crippen molar-refractivity contribution in [3.8, 4) is 0 Å². The van der Waals surface area contributed by atoms with Crippen molar-refractivity contribution in [1.29, 1.82) is 0 Å². The van der Waals surface area contributed by atoms with Crippen LogP contribution < -0.4 is 0 Å². The third-order valence-corrected chi connectivity index (χ3v) is 4.70. The molecule has 1 aromatic carbocycles. The summed E-state index contributed by atoms with van der Waals surface area (Å²) in [7, 11) is 0. The molecule has 3 atom stereocenters. The van der Waals surface area contributed by atoms with Gasteiger partial charge in [0, 0.05) is 13.0 Å². The normalized spacial score (nSPS) is 28.2. The molecule has 21 heavy (non-hydrogen) atoms. The monoisotopic (exact) mass is 287 g/mol. The van der Waals surface area contributed by atoms with Gasteiger partial charge in [-0.3, -0.25) is 4.79 Å². The van der Waals surface area contributed by atoms with E-state index in [4.69, 9.17) is 0 Å². The first-order valence-electron chi connectivity index (χ1n) is 7.74. The Bertz CT molecular complexity index is 528. The van der Waals surface area contributed by atoms with E-state index in [2.05, 4.69) is 12.1 Å². The Kier molecular flexibility index (Phi) is 3.95. The highest BCUT2D eigenvalue weighted by Crippen LogP contribution is 2.49. The van der Waals surface area contributed by atoms with Gasteiger partial charge in [-0.2, -0.15) is 0 Å². The lowest BCUT2D eigenvalue weighted by Gasteiger charge is -2.33. The van der Waals surface area contributed by atoms with Gasteiger partial charge in [0.05, 0.1) is 0 Å². The molecule has 2 fully saturated rings. The van der Waals surface area contributed by atoms with Crippen LogP contribution in [0.4, 0.5) is 0 Å². The van der Waals surface area contributed by atoms with E-state index in [0.717, 1.165) is 19.3 Å². The molecule has 1 aromatic rings. The number of aliphatic carboxylic acids is 1. The molecule has 4 nitrogen and oxygen atoms in total. The molecule has 1 N–H and O–H groups in total. The zero-order valence-corrected chi connectivity index (χ0v) is 12.1. The van der Waals surface area contributed by atoms with Crippen LogP contribution in [0.15, 0.2) is 30.3 Å². The first-order valence-corrected chi connectivity index (χ1v) is 7.74. The second kappa shape index (κ2) is 5.88. The highest BCUT2D eigenvalue weighted by molar-refractivity contribution is 5.84. The summed E-state index contributed by atoms with van der Waals surface area (Å²) in [6.07, 6.45) is 3.94. The standard InChI is InChI=1S/C17H21NO3/c19-16(18-9-5-4-8-15(18)17(20)21)11-13-10-14(13)12-6-2-1-3-7-12/h1-3,6-7,13-15H,4-5,8-11H2,(H,20,21)/t13-,14-,15+/m0/s1. The maximum Gasteiger partial charge on any atom is 0.326 e. The maximum atomic E-state index is 12.4. The summed E-state index contributed by atoms with van der Waals surface area (Å²) >= 11 is 0. The molecule has 112 valence electrons. The van der Waals surface area contributed by atoms with Crippen molar-refractivity contribution in [2.45, 2.75) is 44.1 Å². The molecule has 0 radical (unpaired) electrons. The Hall–Kier alpha value is -1.84. The minimum absolute atomic E-state index is 0.0190. The molecule has 0 unspecified atom stereocenters. The molecule has 4 heteroatoms. The molecule has 1 aliphatic carbocycles. The Morgan fingerprint density at radius 1 is 1.19 bits per heavy atom. The van der Waals surface area contributed by atoms with Crippen LogP contribution >= 0.6 is 0 Å². The Morgan fingerprint density at radius 2 is 1.95 bits per heavy atom. The van der Waals surface area contributed by atoms with E-state index < -0.39 is 12.0 Å². The van der Waals surface area contributed by atoms with Crippen LogP contribution in [-0.4, -0.2) is 34.5 Å². The lowest BCUT2D eigenvalue weighted by Crippen LogP contribution is -2.48. The molecular formula is C17H21NO3. The number of carbonyl (C=O) groups excluding carboxylic acids is 1. The van der Waals surface area contributed by atoms with Gasteiger partial charge in [0.15, 0.2) is 0 Å². The SMILES string of the molecule is O=C(O)[C@H]1CCCCN1C(=O)C[C@@H]1C[C@H]1c1ccccc1. The predicted octanol–water partition coefficient (Wildman–Crippen LogP) is 2.65. The van der Waals surface area contributed by atoms with Crippen LogP contribution in [0.5, 0.6) is 0 Å². The average molecular weight is 287 g/mol. The van der Waals surface area contributed by atoms with E-state index in [0.29, 0.717) is 31.2 Å². The number of nitrogens with zero attached hydrogens (tertiary/aromatic N) is 1. The van der Waals surface area contributed by atoms with Gasteiger partial charge in [-0.25, -0.2) is 4.79 Å². The first-order chi connectivity index (χ1) is 10.2.